The number of cyclic esters (lactones) is 1. The first-order valence-electron chi connectivity index (χ1n) is 19.0. The molecule has 0 aliphatic carbocycles. The van der Waals surface area contributed by atoms with Gasteiger partial charge < -0.3 is 24.1 Å². The molecule has 12 nitrogen and oxygen atoms in total. The van der Waals surface area contributed by atoms with Crippen molar-refractivity contribution in [3.8, 4) is 11.3 Å². The Labute approximate surface area is 331 Å². The molecule has 57 heavy (non-hydrogen) atoms. The van der Waals surface area contributed by atoms with Crippen molar-refractivity contribution in [2.75, 3.05) is 20.3 Å². The number of amides is 2. The molecule has 2 aromatic heterocycles. The van der Waals surface area contributed by atoms with Crippen molar-refractivity contribution in [3.05, 3.63) is 71.7 Å². The van der Waals surface area contributed by atoms with Crippen LogP contribution in [0.4, 0.5) is 18.0 Å². The summed E-state index contributed by atoms with van der Waals surface area (Å²) in [5.41, 5.74) is 4.87. The Bertz CT molecular complexity index is 2060. The molecule has 2 amide bonds. The van der Waals surface area contributed by atoms with Crippen LogP contribution in [0.1, 0.15) is 78.3 Å². The number of allylic oxidation sites excluding steroid dienone is 2. The number of hydrazine groups is 1. The number of aliphatic imine (C=N–C) groups is 1. The van der Waals surface area contributed by atoms with E-state index in [1.807, 2.05) is 19.9 Å². The second-order valence-electron chi connectivity index (χ2n) is 16.2. The number of esters is 1. The van der Waals surface area contributed by atoms with Gasteiger partial charge in [-0.2, -0.15) is 13.2 Å². The van der Waals surface area contributed by atoms with Crippen molar-refractivity contribution in [2.24, 2.45) is 10.4 Å². The number of ether oxygens (including phenoxy) is 3. The van der Waals surface area contributed by atoms with Gasteiger partial charge in [-0.3, -0.25) is 24.6 Å². The molecule has 0 saturated carbocycles. The van der Waals surface area contributed by atoms with Crippen molar-refractivity contribution in [3.63, 3.8) is 0 Å². The maximum atomic E-state index is 14.6. The summed E-state index contributed by atoms with van der Waals surface area (Å²) < 4.78 is 61.9. The predicted molar refractivity (Wildman–Crippen MR) is 212 cm³/mol. The lowest BCUT2D eigenvalue weighted by atomic mass is 9.84. The third kappa shape index (κ3) is 10.5. The third-order valence-electron chi connectivity index (χ3n) is 9.75. The summed E-state index contributed by atoms with van der Waals surface area (Å²) in [7, 11) is 1.50. The lowest BCUT2D eigenvalue weighted by Crippen LogP contribution is -2.60. The number of halogens is 3. The minimum absolute atomic E-state index is 0.0289. The molecular weight excluding hydrogens is 741 g/mol. The van der Waals surface area contributed by atoms with Crippen LogP contribution in [0.15, 0.2) is 59.7 Å². The number of hydrogen-bond acceptors (Lipinski definition) is 9. The summed E-state index contributed by atoms with van der Waals surface area (Å²) in [6.07, 6.45) is -1.90. The molecule has 2 N–H and O–H groups in total. The lowest BCUT2D eigenvalue weighted by Gasteiger charge is -2.35. The molecular formula is C42H53F3N6O6. The first-order chi connectivity index (χ1) is 26.7. The minimum atomic E-state index is -4.60. The van der Waals surface area contributed by atoms with Crippen LogP contribution >= 0.6 is 0 Å². The number of hydrogen-bond donors (Lipinski definition) is 2. The van der Waals surface area contributed by atoms with Crippen molar-refractivity contribution in [1.29, 1.82) is 0 Å². The smallest absolute Gasteiger partial charge is 0.408 e. The number of alkyl halides is 3. The van der Waals surface area contributed by atoms with Gasteiger partial charge in [-0.25, -0.2) is 10.2 Å². The Morgan fingerprint density at radius 1 is 1.21 bits per heavy atom. The molecule has 1 unspecified atom stereocenters. The second kappa shape index (κ2) is 17.2. The lowest BCUT2D eigenvalue weighted by molar-refractivity contribution is -0.155. The second-order valence-corrected chi connectivity index (χ2v) is 16.2. The fourth-order valence-corrected chi connectivity index (χ4v) is 7.19. The number of alkyl carbamates (subject to hydrolysis) is 1. The van der Waals surface area contributed by atoms with Gasteiger partial charge in [-0.15, -0.1) is 0 Å². The Balaban J connectivity index is 1.77. The summed E-state index contributed by atoms with van der Waals surface area (Å²) in [5, 5.41) is 4.56. The fourth-order valence-electron chi connectivity index (χ4n) is 7.19. The van der Waals surface area contributed by atoms with Crippen molar-refractivity contribution in [1.82, 2.24) is 25.3 Å². The molecule has 308 valence electrons. The Morgan fingerprint density at radius 2 is 1.95 bits per heavy atom. The quantitative estimate of drug-likeness (QED) is 0.144. The summed E-state index contributed by atoms with van der Waals surface area (Å²) in [4.78, 5) is 50.1. The maximum Gasteiger partial charge on any atom is 0.408 e. The molecule has 0 radical (unpaired) electrons. The van der Waals surface area contributed by atoms with Gasteiger partial charge in [0.15, 0.2) is 0 Å². The van der Waals surface area contributed by atoms with Crippen molar-refractivity contribution < 1.29 is 41.8 Å². The van der Waals surface area contributed by atoms with E-state index in [0.29, 0.717) is 57.5 Å². The van der Waals surface area contributed by atoms with E-state index >= 15 is 0 Å². The van der Waals surface area contributed by atoms with Gasteiger partial charge in [0.05, 0.1) is 29.8 Å². The Kier molecular flexibility index (Phi) is 13.0. The number of rotatable bonds is 7. The van der Waals surface area contributed by atoms with Crippen LogP contribution in [0.3, 0.4) is 0 Å². The molecule has 3 aromatic rings. The largest absolute Gasteiger partial charge is 0.464 e. The van der Waals surface area contributed by atoms with Gasteiger partial charge in [0.25, 0.3) is 5.91 Å². The van der Waals surface area contributed by atoms with E-state index in [9.17, 15) is 27.6 Å². The number of carbonyl (C=O) groups is 3. The fraction of sp³-hybridized carbons (Fsp3) is 0.500. The number of benzene rings is 1. The van der Waals surface area contributed by atoms with E-state index in [1.165, 1.54) is 22.8 Å². The number of nitrogens with one attached hydrogen (secondary N) is 2. The summed E-state index contributed by atoms with van der Waals surface area (Å²) in [5.74, 6) is -1.08. The SMILES string of the molecule is C=C/C(=C(\N=CC)[C@H](C)OC)c1c2c3cc(ccc3n1CC(F)(F)F)-c1cccc(n1)C[C@H](NC(=O)OC(C)(C)C)C(=O)N1CCCC(N1)C(=O)OCC(C)(C)C2. The highest BCUT2D eigenvalue weighted by molar-refractivity contribution is 5.95. The Morgan fingerprint density at radius 3 is 2.60 bits per heavy atom. The molecule has 3 atom stereocenters. The highest BCUT2D eigenvalue weighted by Gasteiger charge is 2.37. The van der Waals surface area contributed by atoms with E-state index in [0.717, 1.165) is 0 Å². The van der Waals surface area contributed by atoms with Crippen molar-refractivity contribution >= 4 is 40.7 Å². The number of fused-ring (bicyclic) bond motifs is 6. The molecule has 5 rings (SSSR count). The van der Waals surface area contributed by atoms with Gasteiger partial charge >= 0.3 is 18.2 Å². The van der Waals surface area contributed by atoms with Crippen LogP contribution in [0.5, 0.6) is 0 Å². The standard InChI is InChI=1S/C42H53F3N6O6/c1-10-28(35(46-11-2)25(3)55-9)36-30-22-41(7,8)24-56-38(53)32-16-13-19-51(49-32)37(52)33(48-39(54)57-40(4,5)6)21-27-14-12-15-31(47-27)26-17-18-34(29(30)20-26)50(36)23-42(43,44)45/h10-12,14-15,17-18,20,25,32-33,49H,1,13,16,19,21-24H2,2-9H3,(H,48,54)/b35-28+,46-11?/t25-,32?,33-/m0/s1. The normalized spacial score (nSPS) is 20.4. The summed E-state index contributed by atoms with van der Waals surface area (Å²) >= 11 is 0. The molecule has 6 bridgehead atoms. The van der Waals surface area contributed by atoms with E-state index in [-0.39, 0.29) is 31.7 Å². The average molecular weight is 795 g/mol. The molecule has 15 heteroatoms. The zero-order chi connectivity index (χ0) is 41.9. The number of nitrogens with zero attached hydrogens (tertiary/aromatic N) is 4. The summed E-state index contributed by atoms with van der Waals surface area (Å²) in [6, 6.07) is 8.43. The van der Waals surface area contributed by atoms with E-state index in [4.69, 9.17) is 19.2 Å². The maximum absolute atomic E-state index is 14.6. The first-order valence-corrected chi connectivity index (χ1v) is 19.0. The topological polar surface area (TPSA) is 136 Å². The van der Waals surface area contributed by atoms with Crippen LogP contribution < -0.4 is 10.7 Å². The molecule has 2 aliphatic rings. The zero-order valence-electron chi connectivity index (χ0n) is 33.9. The molecule has 1 aromatic carbocycles. The average Bonchev–Trinajstić information content (AvgIpc) is 3.41. The summed E-state index contributed by atoms with van der Waals surface area (Å²) in [6.45, 7) is 15.3. The van der Waals surface area contributed by atoms with Crippen LogP contribution in [0, 0.1) is 5.41 Å². The van der Waals surface area contributed by atoms with Gasteiger partial charge in [0, 0.05) is 59.4 Å². The minimum Gasteiger partial charge on any atom is -0.464 e. The first kappa shape index (κ1) is 43.1. The van der Waals surface area contributed by atoms with E-state index < -0.39 is 59.9 Å². The van der Waals surface area contributed by atoms with Crippen LogP contribution in [-0.2, 0) is 43.2 Å². The molecule has 4 heterocycles. The molecule has 2 aliphatic heterocycles. The van der Waals surface area contributed by atoms with E-state index in [2.05, 4.69) is 22.3 Å². The molecule has 1 saturated heterocycles. The zero-order valence-corrected chi connectivity index (χ0v) is 33.9. The number of carbonyl (C=O) groups excluding carboxylic acids is 3. The number of aromatic nitrogens is 2. The van der Waals surface area contributed by atoms with Crippen molar-refractivity contribution in [2.45, 2.75) is 111 Å². The van der Waals surface area contributed by atoms with Gasteiger partial charge in [0.1, 0.15) is 24.2 Å². The highest BCUT2D eigenvalue weighted by Crippen LogP contribution is 2.41. The number of methoxy groups -OCH3 is 1. The third-order valence-corrected chi connectivity index (χ3v) is 9.75. The van der Waals surface area contributed by atoms with Crippen LogP contribution in [0.2, 0.25) is 0 Å². The highest BCUT2D eigenvalue weighted by atomic mass is 19.4. The molecule has 0 spiro atoms. The van der Waals surface area contributed by atoms with Crippen LogP contribution in [0.25, 0.3) is 27.7 Å². The van der Waals surface area contributed by atoms with Gasteiger partial charge in [-0.1, -0.05) is 38.6 Å². The van der Waals surface area contributed by atoms with Gasteiger partial charge in [0.2, 0.25) is 0 Å². The predicted octanol–water partition coefficient (Wildman–Crippen LogP) is 7.35. The van der Waals surface area contributed by atoms with Gasteiger partial charge in [-0.05, 0) is 83.7 Å². The molecule has 1 fully saturated rings. The Hall–Kier alpha value is -5.02. The monoisotopic (exact) mass is 794 g/mol. The van der Waals surface area contributed by atoms with Crippen LogP contribution in [-0.4, -0.2) is 89.0 Å². The van der Waals surface area contributed by atoms with E-state index in [1.54, 1.807) is 71.2 Å². The number of pyridine rings is 1.